The largest absolute Gasteiger partial charge is 0.478 e. The minimum atomic E-state index is -0.950. The number of aryl methyl sites for hydroxylation is 1. The van der Waals surface area contributed by atoms with E-state index in [0.717, 1.165) is 42.0 Å². The fraction of sp³-hybridized carbons (Fsp3) is 0.333. The normalized spacial score (nSPS) is 19.1. The average Bonchev–Trinajstić information content (AvgIpc) is 3.18. The van der Waals surface area contributed by atoms with Gasteiger partial charge in [0, 0.05) is 24.6 Å². The molecular formula is C21H23N5O3. The Morgan fingerprint density at radius 3 is 2.79 bits per heavy atom. The first kappa shape index (κ1) is 19.1. The maximum Gasteiger partial charge on any atom is 0.335 e. The van der Waals surface area contributed by atoms with E-state index in [1.165, 1.54) is 0 Å². The highest BCUT2D eigenvalue weighted by Gasteiger charge is 2.21. The highest BCUT2D eigenvalue weighted by molar-refractivity contribution is 5.88. The van der Waals surface area contributed by atoms with Crippen LogP contribution >= 0.6 is 0 Å². The molecule has 8 nitrogen and oxygen atoms in total. The molecule has 2 atom stereocenters. The molecule has 1 saturated heterocycles. The summed E-state index contributed by atoms with van der Waals surface area (Å²) in [5.74, 6) is -0.484. The van der Waals surface area contributed by atoms with Crippen LogP contribution in [0.5, 0.6) is 0 Å². The van der Waals surface area contributed by atoms with Crippen LogP contribution in [0, 0.1) is 6.92 Å². The monoisotopic (exact) mass is 393 g/mol. The number of aromatic nitrogens is 4. The first-order chi connectivity index (χ1) is 14.0. The van der Waals surface area contributed by atoms with E-state index in [9.17, 15) is 4.79 Å². The van der Waals surface area contributed by atoms with E-state index in [0.29, 0.717) is 12.0 Å². The number of hydrogen-bond acceptors (Lipinski definition) is 6. The Bertz CT molecular complexity index is 1020. The smallest absolute Gasteiger partial charge is 0.335 e. The first-order valence-electron chi connectivity index (χ1n) is 9.60. The van der Waals surface area contributed by atoms with Crippen LogP contribution in [0.1, 0.15) is 41.7 Å². The number of ether oxygens (including phenoxy) is 1. The second-order valence-corrected chi connectivity index (χ2v) is 7.30. The topological polar surface area (TPSA) is 102 Å². The van der Waals surface area contributed by atoms with Crippen molar-refractivity contribution in [1.82, 2.24) is 19.7 Å². The zero-order chi connectivity index (χ0) is 20.4. The van der Waals surface area contributed by atoms with Crippen molar-refractivity contribution >= 4 is 17.6 Å². The predicted molar refractivity (Wildman–Crippen MR) is 108 cm³/mol. The van der Waals surface area contributed by atoms with Crippen LogP contribution in [0.2, 0.25) is 0 Å². The minimum absolute atomic E-state index is 0.241. The van der Waals surface area contributed by atoms with Gasteiger partial charge in [-0.25, -0.2) is 14.8 Å². The Labute approximate surface area is 168 Å². The van der Waals surface area contributed by atoms with Crippen molar-refractivity contribution in [3.63, 3.8) is 0 Å². The van der Waals surface area contributed by atoms with Crippen molar-refractivity contribution in [3.05, 3.63) is 54.0 Å². The van der Waals surface area contributed by atoms with Gasteiger partial charge in [0.15, 0.2) is 0 Å². The zero-order valence-electron chi connectivity index (χ0n) is 16.4. The van der Waals surface area contributed by atoms with Crippen molar-refractivity contribution < 1.29 is 14.6 Å². The molecule has 0 radical (unpaired) electrons. The maximum atomic E-state index is 11.1. The van der Waals surface area contributed by atoms with E-state index in [-0.39, 0.29) is 11.7 Å². The Morgan fingerprint density at radius 1 is 1.28 bits per heavy atom. The molecule has 3 heterocycles. The van der Waals surface area contributed by atoms with Crippen molar-refractivity contribution in [2.45, 2.75) is 38.8 Å². The van der Waals surface area contributed by atoms with Gasteiger partial charge < -0.3 is 15.2 Å². The van der Waals surface area contributed by atoms with Crippen LogP contribution < -0.4 is 5.32 Å². The number of rotatable bonds is 5. The molecule has 0 aliphatic carbocycles. The molecule has 0 bridgehead atoms. The molecule has 0 amide bonds. The van der Waals surface area contributed by atoms with Crippen molar-refractivity contribution in [2.75, 3.05) is 11.9 Å². The van der Waals surface area contributed by atoms with Gasteiger partial charge in [-0.1, -0.05) is 12.1 Å². The molecule has 150 valence electrons. The quantitative estimate of drug-likeness (QED) is 0.679. The van der Waals surface area contributed by atoms with E-state index in [2.05, 4.69) is 27.3 Å². The summed E-state index contributed by atoms with van der Waals surface area (Å²) in [5, 5.41) is 16.8. The third-order valence-electron chi connectivity index (χ3n) is 5.07. The second-order valence-electron chi connectivity index (χ2n) is 7.30. The van der Waals surface area contributed by atoms with Gasteiger partial charge in [0.1, 0.15) is 0 Å². The van der Waals surface area contributed by atoms with Gasteiger partial charge in [0.25, 0.3) is 0 Å². The van der Waals surface area contributed by atoms with Gasteiger partial charge in [-0.3, -0.25) is 4.68 Å². The number of aromatic carboxylic acids is 1. The third-order valence-corrected chi connectivity index (χ3v) is 5.07. The number of benzene rings is 1. The number of anilines is 2. The lowest BCUT2D eigenvalue weighted by atomic mass is 10.1. The summed E-state index contributed by atoms with van der Waals surface area (Å²) in [6, 6.07) is 6.99. The lowest BCUT2D eigenvalue weighted by Gasteiger charge is -2.27. The number of carboxylic acid groups (broad SMARTS) is 1. The van der Waals surface area contributed by atoms with Gasteiger partial charge in [0.05, 0.1) is 35.3 Å². The SMILES string of the molecule is Cc1cnc(Nc2cnn(C3CCOC(C)C3)c2)nc1-c1ccc(C(=O)O)cc1. The molecular weight excluding hydrogens is 370 g/mol. The number of nitrogens with one attached hydrogen (secondary N) is 1. The fourth-order valence-corrected chi connectivity index (χ4v) is 3.51. The molecule has 8 heteroatoms. The molecule has 2 N–H and O–H groups in total. The van der Waals surface area contributed by atoms with E-state index in [1.807, 2.05) is 17.8 Å². The molecule has 1 aromatic carbocycles. The average molecular weight is 393 g/mol. The summed E-state index contributed by atoms with van der Waals surface area (Å²) in [7, 11) is 0. The predicted octanol–water partition coefficient (Wildman–Crippen LogP) is 3.83. The molecule has 3 aromatic rings. The van der Waals surface area contributed by atoms with Crippen LogP contribution in [0.3, 0.4) is 0 Å². The summed E-state index contributed by atoms with van der Waals surface area (Å²) in [4.78, 5) is 20.0. The Morgan fingerprint density at radius 2 is 2.07 bits per heavy atom. The third kappa shape index (κ3) is 4.27. The summed E-state index contributed by atoms with van der Waals surface area (Å²) in [6.07, 6.45) is 7.62. The Kier molecular flexibility index (Phi) is 5.26. The van der Waals surface area contributed by atoms with Gasteiger partial charge in [-0.2, -0.15) is 5.10 Å². The lowest BCUT2D eigenvalue weighted by molar-refractivity contribution is 0.00351. The molecule has 1 aliphatic rings. The van der Waals surface area contributed by atoms with E-state index >= 15 is 0 Å². The lowest BCUT2D eigenvalue weighted by Crippen LogP contribution is -2.25. The van der Waals surface area contributed by atoms with Crippen molar-refractivity contribution in [1.29, 1.82) is 0 Å². The highest BCUT2D eigenvalue weighted by atomic mass is 16.5. The molecule has 1 fully saturated rings. The van der Waals surface area contributed by atoms with E-state index in [4.69, 9.17) is 9.84 Å². The maximum absolute atomic E-state index is 11.1. The van der Waals surface area contributed by atoms with Gasteiger partial charge >= 0.3 is 5.97 Å². The molecule has 1 aliphatic heterocycles. The number of hydrogen-bond donors (Lipinski definition) is 2. The summed E-state index contributed by atoms with van der Waals surface area (Å²) in [6.45, 7) is 4.76. The van der Waals surface area contributed by atoms with Crippen LogP contribution in [0.4, 0.5) is 11.6 Å². The first-order valence-corrected chi connectivity index (χ1v) is 9.60. The number of carbonyl (C=O) groups is 1. The van der Waals surface area contributed by atoms with Crippen LogP contribution in [-0.4, -0.2) is 43.5 Å². The van der Waals surface area contributed by atoms with Gasteiger partial charge in [-0.05, 0) is 44.4 Å². The zero-order valence-corrected chi connectivity index (χ0v) is 16.4. The van der Waals surface area contributed by atoms with E-state index in [1.54, 1.807) is 36.7 Å². The van der Waals surface area contributed by atoms with Crippen molar-refractivity contribution in [3.8, 4) is 11.3 Å². The summed E-state index contributed by atoms with van der Waals surface area (Å²) >= 11 is 0. The second kappa shape index (κ2) is 8.00. The molecule has 2 unspecified atom stereocenters. The molecule has 0 spiro atoms. The standard InChI is InChI=1S/C21H23N5O3/c1-13-10-22-21(25-19(13)15-3-5-16(6-4-15)20(27)28)24-17-11-23-26(12-17)18-7-8-29-14(2)9-18/h3-6,10-12,14,18H,7-9H2,1-2H3,(H,27,28)(H,22,24,25). The van der Waals surface area contributed by atoms with Gasteiger partial charge in [-0.15, -0.1) is 0 Å². The minimum Gasteiger partial charge on any atom is -0.478 e. The Hall–Kier alpha value is -3.26. The highest BCUT2D eigenvalue weighted by Crippen LogP contribution is 2.27. The fourth-order valence-electron chi connectivity index (χ4n) is 3.51. The van der Waals surface area contributed by atoms with Crippen LogP contribution in [0.25, 0.3) is 11.3 Å². The summed E-state index contributed by atoms with van der Waals surface area (Å²) in [5.41, 5.74) is 3.56. The van der Waals surface area contributed by atoms with E-state index < -0.39 is 5.97 Å². The summed E-state index contributed by atoms with van der Waals surface area (Å²) < 4.78 is 7.58. The molecule has 0 saturated carbocycles. The molecule has 2 aromatic heterocycles. The molecule has 4 rings (SSSR count). The van der Waals surface area contributed by atoms with Crippen LogP contribution in [-0.2, 0) is 4.74 Å². The number of carboxylic acids is 1. The van der Waals surface area contributed by atoms with Crippen molar-refractivity contribution in [2.24, 2.45) is 0 Å². The van der Waals surface area contributed by atoms with Gasteiger partial charge in [0.2, 0.25) is 5.95 Å². The molecule has 29 heavy (non-hydrogen) atoms. The number of nitrogens with zero attached hydrogens (tertiary/aromatic N) is 4. The van der Waals surface area contributed by atoms with Crippen LogP contribution in [0.15, 0.2) is 42.9 Å². The Balaban J connectivity index is 1.53.